The van der Waals surface area contributed by atoms with Crippen LogP contribution < -0.4 is 5.32 Å². The molecule has 94 valence electrons. The van der Waals surface area contributed by atoms with Crippen LogP contribution in [0.25, 0.3) is 0 Å². The topological polar surface area (TPSA) is 24.5 Å². The van der Waals surface area contributed by atoms with Crippen LogP contribution in [0.5, 0.6) is 0 Å². The summed E-state index contributed by atoms with van der Waals surface area (Å²) in [7, 11) is 0. The van der Waals surface area contributed by atoms with Gasteiger partial charge in [-0.3, -0.25) is 4.90 Å². The summed E-state index contributed by atoms with van der Waals surface area (Å²) in [5.41, 5.74) is 0. The molecule has 0 spiro atoms. The maximum Gasteiger partial charge on any atom is 0.0597 e. The molecule has 0 bridgehead atoms. The van der Waals surface area contributed by atoms with E-state index in [4.69, 9.17) is 4.74 Å². The zero-order valence-corrected chi connectivity index (χ0v) is 10.6. The number of hydrogen-bond donors (Lipinski definition) is 1. The monoisotopic (exact) mass is 226 g/mol. The van der Waals surface area contributed by atoms with Crippen molar-refractivity contribution in [1.82, 2.24) is 10.2 Å². The standard InChI is InChI=1S/C13H26N2O/c1-12-3-2-4-13(11-12)16-10-9-15-7-5-14-6-8-15/h12-14H,2-11H2,1H3. The fourth-order valence-electron chi connectivity index (χ4n) is 2.81. The molecule has 1 N–H and O–H groups in total. The average molecular weight is 226 g/mol. The molecule has 1 aliphatic carbocycles. The van der Waals surface area contributed by atoms with E-state index < -0.39 is 0 Å². The average Bonchev–Trinajstić information content (AvgIpc) is 2.30. The largest absolute Gasteiger partial charge is 0.377 e. The number of rotatable bonds is 4. The molecule has 1 saturated carbocycles. The predicted octanol–water partition coefficient (Wildman–Crippen LogP) is 1.49. The van der Waals surface area contributed by atoms with E-state index in [2.05, 4.69) is 17.1 Å². The lowest BCUT2D eigenvalue weighted by molar-refractivity contribution is 0.00391. The van der Waals surface area contributed by atoms with Crippen molar-refractivity contribution < 1.29 is 4.74 Å². The number of ether oxygens (including phenoxy) is 1. The Kier molecular flexibility index (Phi) is 5.07. The van der Waals surface area contributed by atoms with Crippen LogP contribution in [0.1, 0.15) is 32.6 Å². The zero-order valence-electron chi connectivity index (χ0n) is 10.6. The van der Waals surface area contributed by atoms with Crippen molar-refractivity contribution in [2.75, 3.05) is 39.3 Å². The lowest BCUT2D eigenvalue weighted by Crippen LogP contribution is -2.44. The molecule has 1 saturated heterocycles. The Balaban J connectivity index is 1.56. The third kappa shape index (κ3) is 4.04. The Morgan fingerprint density at radius 3 is 2.81 bits per heavy atom. The van der Waals surface area contributed by atoms with E-state index in [-0.39, 0.29) is 0 Å². The highest BCUT2D eigenvalue weighted by Crippen LogP contribution is 2.25. The van der Waals surface area contributed by atoms with Crippen molar-refractivity contribution in [2.24, 2.45) is 5.92 Å². The summed E-state index contributed by atoms with van der Waals surface area (Å²) < 4.78 is 5.99. The van der Waals surface area contributed by atoms with Crippen LogP contribution in [-0.4, -0.2) is 50.3 Å². The summed E-state index contributed by atoms with van der Waals surface area (Å²) in [5, 5.41) is 3.38. The smallest absolute Gasteiger partial charge is 0.0597 e. The molecule has 2 fully saturated rings. The summed E-state index contributed by atoms with van der Waals surface area (Å²) in [4.78, 5) is 2.50. The minimum atomic E-state index is 0.548. The van der Waals surface area contributed by atoms with E-state index in [1.807, 2.05) is 0 Å². The molecule has 0 amide bonds. The zero-order chi connectivity index (χ0) is 11.2. The van der Waals surface area contributed by atoms with Crippen LogP contribution in [0, 0.1) is 5.92 Å². The van der Waals surface area contributed by atoms with Gasteiger partial charge in [-0.25, -0.2) is 0 Å². The van der Waals surface area contributed by atoms with Gasteiger partial charge in [0.05, 0.1) is 12.7 Å². The van der Waals surface area contributed by atoms with Gasteiger partial charge < -0.3 is 10.1 Å². The van der Waals surface area contributed by atoms with Crippen LogP contribution in [0.3, 0.4) is 0 Å². The number of hydrogen-bond acceptors (Lipinski definition) is 3. The third-order valence-electron chi connectivity index (χ3n) is 3.86. The van der Waals surface area contributed by atoms with Crippen molar-refractivity contribution >= 4 is 0 Å². The molecule has 0 aromatic rings. The summed E-state index contributed by atoms with van der Waals surface area (Å²) in [6.07, 6.45) is 5.87. The van der Waals surface area contributed by atoms with Crippen molar-refractivity contribution in [3.63, 3.8) is 0 Å². The minimum Gasteiger partial charge on any atom is -0.377 e. The Labute approximate surface area is 99.5 Å². The maximum atomic E-state index is 5.99. The highest BCUT2D eigenvalue weighted by atomic mass is 16.5. The highest BCUT2D eigenvalue weighted by molar-refractivity contribution is 4.71. The summed E-state index contributed by atoms with van der Waals surface area (Å²) >= 11 is 0. The summed E-state index contributed by atoms with van der Waals surface area (Å²) in [6.45, 7) is 9.05. The molecule has 0 aromatic heterocycles. The molecule has 1 aliphatic heterocycles. The van der Waals surface area contributed by atoms with E-state index in [1.54, 1.807) is 0 Å². The second kappa shape index (κ2) is 6.58. The van der Waals surface area contributed by atoms with Crippen LogP contribution >= 0.6 is 0 Å². The Morgan fingerprint density at radius 2 is 2.06 bits per heavy atom. The van der Waals surface area contributed by atoms with Crippen molar-refractivity contribution in [3.05, 3.63) is 0 Å². The first-order valence-corrected chi connectivity index (χ1v) is 6.89. The Bertz CT molecular complexity index is 192. The van der Waals surface area contributed by atoms with E-state index in [0.717, 1.165) is 32.2 Å². The van der Waals surface area contributed by atoms with Crippen molar-refractivity contribution in [1.29, 1.82) is 0 Å². The fraction of sp³-hybridized carbons (Fsp3) is 1.00. The first-order valence-electron chi connectivity index (χ1n) is 6.89. The number of nitrogens with one attached hydrogen (secondary N) is 1. The molecule has 3 nitrogen and oxygen atoms in total. The molecule has 16 heavy (non-hydrogen) atoms. The molecule has 1 heterocycles. The summed E-state index contributed by atoms with van der Waals surface area (Å²) in [6, 6.07) is 0. The van der Waals surface area contributed by atoms with E-state index in [0.29, 0.717) is 6.10 Å². The van der Waals surface area contributed by atoms with Crippen LogP contribution in [0.2, 0.25) is 0 Å². The van der Waals surface area contributed by atoms with Gasteiger partial charge in [0, 0.05) is 32.7 Å². The van der Waals surface area contributed by atoms with Crippen LogP contribution in [0.4, 0.5) is 0 Å². The molecular formula is C13H26N2O. The van der Waals surface area contributed by atoms with Gasteiger partial charge in [-0.05, 0) is 18.8 Å². The van der Waals surface area contributed by atoms with E-state index in [9.17, 15) is 0 Å². The number of nitrogens with zero attached hydrogens (tertiary/aromatic N) is 1. The number of piperazine rings is 1. The molecule has 2 unspecified atom stereocenters. The molecule has 0 radical (unpaired) electrons. The first kappa shape index (κ1) is 12.3. The van der Waals surface area contributed by atoms with Gasteiger partial charge in [0.2, 0.25) is 0 Å². The normalized spacial score (nSPS) is 32.8. The van der Waals surface area contributed by atoms with Gasteiger partial charge in [-0.2, -0.15) is 0 Å². The molecule has 0 aromatic carbocycles. The third-order valence-corrected chi connectivity index (χ3v) is 3.86. The minimum absolute atomic E-state index is 0.548. The van der Waals surface area contributed by atoms with E-state index in [1.165, 1.54) is 38.8 Å². The molecule has 3 heteroatoms. The lowest BCUT2D eigenvalue weighted by Gasteiger charge is -2.30. The van der Waals surface area contributed by atoms with Gasteiger partial charge in [-0.1, -0.05) is 19.8 Å². The highest BCUT2D eigenvalue weighted by Gasteiger charge is 2.19. The van der Waals surface area contributed by atoms with Gasteiger partial charge in [0.25, 0.3) is 0 Å². The van der Waals surface area contributed by atoms with Crippen LogP contribution in [-0.2, 0) is 4.74 Å². The molecule has 2 atom stereocenters. The Morgan fingerprint density at radius 1 is 1.25 bits per heavy atom. The second-order valence-corrected chi connectivity index (χ2v) is 5.36. The van der Waals surface area contributed by atoms with Crippen molar-refractivity contribution in [3.8, 4) is 0 Å². The fourth-order valence-corrected chi connectivity index (χ4v) is 2.81. The maximum absolute atomic E-state index is 5.99. The predicted molar refractivity (Wildman–Crippen MR) is 66.7 cm³/mol. The Hall–Kier alpha value is -0.120. The lowest BCUT2D eigenvalue weighted by atomic mass is 9.89. The quantitative estimate of drug-likeness (QED) is 0.786. The summed E-state index contributed by atoms with van der Waals surface area (Å²) in [5.74, 6) is 0.873. The van der Waals surface area contributed by atoms with E-state index >= 15 is 0 Å². The molecular weight excluding hydrogens is 200 g/mol. The first-order chi connectivity index (χ1) is 7.84. The van der Waals surface area contributed by atoms with Gasteiger partial charge in [-0.15, -0.1) is 0 Å². The van der Waals surface area contributed by atoms with Gasteiger partial charge >= 0.3 is 0 Å². The molecule has 2 rings (SSSR count). The van der Waals surface area contributed by atoms with Gasteiger partial charge in [0.15, 0.2) is 0 Å². The molecule has 2 aliphatic rings. The van der Waals surface area contributed by atoms with Crippen LogP contribution in [0.15, 0.2) is 0 Å². The SMILES string of the molecule is CC1CCCC(OCCN2CCNCC2)C1. The van der Waals surface area contributed by atoms with Gasteiger partial charge in [0.1, 0.15) is 0 Å². The second-order valence-electron chi connectivity index (χ2n) is 5.36. The van der Waals surface area contributed by atoms with Crippen molar-refractivity contribution in [2.45, 2.75) is 38.7 Å².